The van der Waals surface area contributed by atoms with Crippen molar-refractivity contribution in [2.75, 3.05) is 7.11 Å². The number of nitrogens with one attached hydrogen (secondary N) is 1. The molecule has 1 aromatic carbocycles. The molecule has 1 aromatic rings. The Kier molecular flexibility index (Phi) is 6.27. The lowest BCUT2D eigenvalue weighted by atomic mass is 10.1. The fraction of sp³-hybridized carbons (Fsp3) is 0.500. The van der Waals surface area contributed by atoms with Crippen molar-refractivity contribution in [3.8, 4) is 5.75 Å². The van der Waals surface area contributed by atoms with E-state index in [1.807, 2.05) is 19.1 Å². The first-order chi connectivity index (χ1) is 9.47. The molecule has 0 aliphatic heterocycles. The van der Waals surface area contributed by atoms with Gasteiger partial charge in [0.2, 0.25) is 0 Å². The maximum absolute atomic E-state index is 9.32. The highest BCUT2D eigenvalue weighted by Crippen LogP contribution is 2.19. The van der Waals surface area contributed by atoms with Crippen LogP contribution < -0.4 is 15.8 Å². The molecule has 0 saturated carbocycles. The fourth-order valence-corrected chi connectivity index (χ4v) is 2.01. The van der Waals surface area contributed by atoms with Gasteiger partial charge in [-0.05, 0) is 38.0 Å². The fourth-order valence-electron chi connectivity index (χ4n) is 2.01. The van der Waals surface area contributed by atoms with Crippen LogP contribution >= 0.6 is 0 Å². The van der Waals surface area contributed by atoms with E-state index in [-0.39, 0.29) is 18.0 Å². The lowest BCUT2D eigenvalue weighted by Gasteiger charge is -2.16. The minimum absolute atomic E-state index is 0.0146. The predicted molar refractivity (Wildman–Crippen MR) is 78.1 cm³/mol. The van der Waals surface area contributed by atoms with E-state index in [0.717, 1.165) is 5.56 Å². The van der Waals surface area contributed by atoms with Crippen molar-refractivity contribution in [2.45, 2.75) is 39.0 Å². The minimum Gasteiger partial charge on any atom is -0.496 e. The van der Waals surface area contributed by atoms with Crippen LogP contribution in [0.2, 0.25) is 0 Å². The topological polar surface area (TPSA) is 100 Å². The summed E-state index contributed by atoms with van der Waals surface area (Å²) in [6, 6.07) is 5.71. The largest absolute Gasteiger partial charge is 0.496 e. The van der Waals surface area contributed by atoms with Crippen molar-refractivity contribution in [1.29, 1.82) is 0 Å². The Morgan fingerprint density at radius 3 is 2.70 bits per heavy atom. The summed E-state index contributed by atoms with van der Waals surface area (Å²) in [7, 11) is 1.53. The highest BCUT2D eigenvalue weighted by molar-refractivity contribution is 5.99. The van der Waals surface area contributed by atoms with Crippen LogP contribution in [0.4, 0.5) is 0 Å². The SMILES string of the molecule is COc1ccc(CNC(C)CC(C)O)cc1/C(N)=N/O. The molecule has 0 saturated heterocycles. The molecule has 0 fully saturated rings. The molecule has 0 spiro atoms. The number of benzene rings is 1. The number of nitrogens with zero attached hydrogens (tertiary/aromatic N) is 1. The first-order valence-corrected chi connectivity index (χ1v) is 6.54. The van der Waals surface area contributed by atoms with Crippen molar-refractivity contribution in [3.05, 3.63) is 29.3 Å². The molecule has 0 bridgehead atoms. The van der Waals surface area contributed by atoms with Gasteiger partial charge in [0, 0.05) is 12.6 Å². The van der Waals surface area contributed by atoms with Crippen molar-refractivity contribution < 1.29 is 15.1 Å². The number of hydrogen-bond donors (Lipinski definition) is 4. The lowest BCUT2D eigenvalue weighted by molar-refractivity contribution is 0.170. The maximum Gasteiger partial charge on any atom is 0.173 e. The summed E-state index contributed by atoms with van der Waals surface area (Å²) >= 11 is 0. The second-order valence-corrected chi connectivity index (χ2v) is 4.89. The first-order valence-electron chi connectivity index (χ1n) is 6.54. The number of oxime groups is 1. The second kappa shape index (κ2) is 7.72. The molecule has 0 heterocycles. The van der Waals surface area contributed by atoms with E-state index in [1.165, 1.54) is 7.11 Å². The standard InChI is InChI=1S/C14H23N3O3/c1-9(6-10(2)18)16-8-11-4-5-13(20-3)12(7-11)14(15)17-19/h4-5,7,9-10,16,18-19H,6,8H2,1-3H3,(H2,15,17). The Morgan fingerprint density at radius 1 is 1.45 bits per heavy atom. The van der Waals surface area contributed by atoms with Crippen LogP contribution in [0.25, 0.3) is 0 Å². The normalized spacial score (nSPS) is 14.9. The molecule has 0 amide bonds. The van der Waals surface area contributed by atoms with Gasteiger partial charge in [-0.25, -0.2) is 0 Å². The summed E-state index contributed by atoms with van der Waals surface area (Å²) < 4.78 is 5.18. The summed E-state index contributed by atoms with van der Waals surface area (Å²) in [5.41, 5.74) is 7.17. The van der Waals surface area contributed by atoms with Gasteiger partial charge in [-0.15, -0.1) is 0 Å². The van der Waals surface area contributed by atoms with Gasteiger partial charge in [0.1, 0.15) is 5.75 Å². The van der Waals surface area contributed by atoms with E-state index < -0.39 is 0 Å². The zero-order valence-electron chi connectivity index (χ0n) is 12.1. The molecule has 5 N–H and O–H groups in total. The number of nitrogens with two attached hydrogens (primary N) is 1. The van der Waals surface area contributed by atoms with Gasteiger partial charge in [0.25, 0.3) is 0 Å². The number of ether oxygens (including phenoxy) is 1. The zero-order chi connectivity index (χ0) is 15.1. The third-order valence-corrected chi connectivity index (χ3v) is 3.00. The van der Waals surface area contributed by atoms with Crippen LogP contribution in [-0.4, -0.2) is 35.4 Å². The van der Waals surface area contributed by atoms with Gasteiger partial charge >= 0.3 is 0 Å². The van der Waals surface area contributed by atoms with E-state index in [0.29, 0.717) is 24.3 Å². The van der Waals surface area contributed by atoms with Crippen LogP contribution in [0.15, 0.2) is 23.4 Å². The molecular weight excluding hydrogens is 258 g/mol. The molecule has 112 valence electrons. The Balaban J connectivity index is 2.77. The Bertz CT molecular complexity index is 461. The quantitative estimate of drug-likeness (QED) is 0.259. The van der Waals surface area contributed by atoms with E-state index in [4.69, 9.17) is 15.7 Å². The molecular formula is C14H23N3O3. The van der Waals surface area contributed by atoms with Crippen molar-refractivity contribution in [2.24, 2.45) is 10.9 Å². The summed E-state index contributed by atoms with van der Waals surface area (Å²) in [5.74, 6) is 0.571. The van der Waals surface area contributed by atoms with Gasteiger partial charge in [-0.1, -0.05) is 11.2 Å². The van der Waals surface area contributed by atoms with Gasteiger partial charge in [-0.2, -0.15) is 0 Å². The van der Waals surface area contributed by atoms with Gasteiger partial charge in [0.15, 0.2) is 5.84 Å². The van der Waals surface area contributed by atoms with E-state index in [2.05, 4.69) is 10.5 Å². The smallest absolute Gasteiger partial charge is 0.173 e. The molecule has 0 radical (unpaired) electrons. The number of rotatable bonds is 7. The maximum atomic E-state index is 9.32. The van der Waals surface area contributed by atoms with Gasteiger partial charge in [-0.3, -0.25) is 0 Å². The first kappa shape index (κ1) is 16.3. The average molecular weight is 281 g/mol. The second-order valence-electron chi connectivity index (χ2n) is 4.89. The molecule has 0 aliphatic carbocycles. The molecule has 2 atom stereocenters. The number of aliphatic hydroxyl groups excluding tert-OH is 1. The third-order valence-electron chi connectivity index (χ3n) is 3.00. The Labute approximate surface area is 119 Å². The summed E-state index contributed by atoms with van der Waals surface area (Å²) in [6.07, 6.45) is 0.351. The van der Waals surface area contributed by atoms with Crippen molar-refractivity contribution in [3.63, 3.8) is 0 Å². The van der Waals surface area contributed by atoms with Crippen molar-refractivity contribution in [1.82, 2.24) is 5.32 Å². The molecule has 20 heavy (non-hydrogen) atoms. The molecule has 2 unspecified atom stereocenters. The zero-order valence-corrected chi connectivity index (χ0v) is 12.1. The summed E-state index contributed by atoms with van der Waals surface area (Å²) in [4.78, 5) is 0. The molecule has 0 aliphatic rings. The number of aliphatic hydroxyl groups is 1. The van der Waals surface area contributed by atoms with Crippen LogP contribution in [0, 0.1) is 0 Å². The van der Waals surface area contributed by atoms with Crippen LogP contribution in [0.3, 0.4) is 0 Å². The summed E-state index contributed by atoms with van der Waals surface area (Å²) in [5, 5.41) is 24.4. The number of methoxy groups -OCH3 is 1. The van der Waals surface area contributed by atoms with Crippen LogP contribution in [0.1, 0.15) is 31.4 Å². The van der Waals surface area contributed by atoms with Crippen molar-refractivity contribution >= 4 is 5.84 Å². The van der Waals surface area contributed by atoms with Gasteiger partial charge in [0.05, 0.1) is 18.8 Å². The van der Waals surface area contributed by atoms with Crippen LogP contribution in [0.5, 0.6) is 5.75 Å². The molecule has 6 heteroatoms. The lowest BCUT2D eigenvalue weighted by Crippen LogP contribution is -2.28. The predicted octanol–water partition coefficient (Wildman–Crippen LogP) is 1.04. The van der Waals surface area contributed by atoms with E-state index in [9.17, 15) is 5.11 Å². The van der Waals surface area contributed by atoms with Gasteiger partial charge < -0.3 is 26.1 Å². The Hall–Kier alpha value is -1.79. The number of hydrogen-bond acceptors (Lipinski definition) is 5. The molecule has 0 aromatic heterocycles. The Morgan fingerprint density at radius 2 is 2.15 bits per heavy atom. The van der Waals surface area contributed by atoms with Crippen LogP contribution in [-0.2, 0) is 6.54 Å². The van der Waals surface area contributed by atoms with E-state index in [1.54, 1.807) is 13.0 Å². The number of amidine groups is 1. The summed E-state index contributed by atoms with van der Waals surface area (Å²) in [6.45, 7) is 4.41. The average Bonchev–Trinajstić information content (AvgIpc) is 2.43. The highest BCUT2D eigenvalue weighted by atomic mass is 16.5. The molecule has 6 nitrogen and oxygen atoms in total. The third kappa shape index (κ3) is 4.71. The van der Waals surface area contributed by atoms with E-state index >= 15 is 0 Å². The molecule has 1 rings (SSSR count). The highest BCUT2D eigenvalue weighted by Gasteiger charge is 2.10. The minimum atomic E-state index is -0.332. The monoisotopic (exact) mass is 281 g/mol.